The van der Waals surface area contributed by atoms with Crippen LogP contribution in [0.25, 0.3) is 11.0 Å². The highest BCUT2D eigenvalue weighted by Crippen LogP contribution is 2.35. The van der Waals surface area contributed by atoms with Crippen LogP contribution in [-0.2, 0) is 12.8 Å². The molecule has 0 unspecified atom stereocenters. The minimum atomic E-state index is -0.173. The lowest BCUT2D eigenvalue weighted by Crippen LogP contribution is -2.22. The molecule has 4 heteroatoms. The van der Waals surface area contributed by atoms with Crippen LogP contribution in [-0.4, -0.2) is 17.6 Å². The first-order valence-corrected chi connectivity index (χ1v) is 6.37. The minimum Gasteiger partial charge on any atom is -0.508 e. The molecule has 1 aromatic heterocycles. The van der Waals surface area contributed by atoms with Crippen LogP contribution < -0.4 is 5.32 Å². The summed E-state index contributed by atoms with van der Waals surface area (Å²) >= 11 is 0. The third kappa shape index (κ3) is 1.80. The maximum atomic E-state index is 11.9. The van der Waals surface area contributed by atoms with E-state index in [1.807, 2.05) is 0 Å². The average Bonchev–Trinajstić information content (AvgIpc) is 2.68. The number of phenols is 1. The highest BCUT2D eigenvalue weighted by atomic mass is 16.3. The standard InChI is InChI=1S/C15H15NO3/c1-2-4-9-11(17)6-7-12-13(9)10-5-3-8-16-15(18)14(10)19-12/h2,6-7,17H,1,3-5,8H2,(H,16,18). The van der Waals surface area contributed by atoms with Crippen LogP contribution in [0.3, 0.4) is 0 Å². The zero-order chi connectivity index (χ0) is 13.4. The largest absolute Gasteiger partial charge is 0.508 e. The number of nitrogens with one attached hydrogen (secondary N) is 1. The van der Waals surface area contributed by atoms with Gasteiger partial charge in [0.2, 0.25) is 0 Å². The van der Waals surface area contributed by atoms with Crippen molar-refractivity contribution in [3.8, 4) is 5.75 Å². The van der Waals surface area contributed by atoms with E-state index < -0.39 is 0 Å². The number of furan rings is 1. The zero-order valence-corrected chi connectivity index (χ0v) is 10.5. The van der Waals surface area contributed by atoms with E-state index in [2.05, 4.69) is 11.9 Å². The first-order valence-electron chi connectivity index (χ1n) is 6.37. The van der Waals surface area contributed by atoms with Gasteiger partial charge in [0.1, 0.15) is 11.3 Å². The van der Waals surface area contributed by atoms with Gasteiger partial charge in [0.25, 0.3) is 5.91 Å². The van der Waals surface area contributed by atoms with Crippen LogP contribution in [0.15, 0.2) is 29.2 Å². The summed E-state index contributed by atoms with van der Waals surface area (Å²) in [4.78, 5) is 11.9. The van der Waals surface area contributed by atoms with Crippen molar-refractivity contribution < 1.29 is 14.3 Å². The van der Waals surface area contributed by atoms with Crippen molar-refractivity contribution >= 4 is 16.9 Å². The number of hydrogen-bond acceptors (Lipinski definition) is 3. The lowest BCUT2D eigenvalue weighted by Gasteiger charge is -2.05. The van der Waals surface area contributed by atoms with Gasteiger partial charge in [0, 0.05) is 23.1 Å². The molecule has 1 amide bonds. The van der Waals surface area contributed by atoms with E-state index in [4.69, 9.17) is 4.42 Å². The molecule has 0 spiro atoms. The summed E-state index contributed by atoms with van der Waals surface area (Å²) in [6, 6.07) is 3.31. The fraction of sp³-hybridized carbons (Fsp3) is 0.267. The Morgan fingerprint density at radius 1 is 1.47 bits per heavy atom. The van der Waals surface area contributed by atoms with Gasteiger partial charge in [-0.25, -0.2) is 0 Å². The van der Waals surface area contributed by atoms with Gasteiger partial charge in [0.05, 0.1) is 0 Å². The monoisotopic (exact) mass is 257 g/mol. The van der Waals surface area contributed by atoms with Gasteiger partial charge in [-0.3, -0.25) is 4.79 Å². The number of hydrogen-bond donors (Lipinski definition) is 2. The van der Waals surface area contributed by atoms with Gasteiger partial charge in [-0.15, -0.1) is 6.58 Å². The van der Waals surface area contributed by atoms with Crippen LogP contribution in [0.5, 0.6) is 5.75 Å². The topological polar surface area (TPSA) is 62.5 Å². The lowest BCUT2D eigenvalue weighted by atomic mass is 9.99. The van der Waals surface area contributed by atoms with Crippen molar-refractivity contribution in [3.63, 3.8) is 0 Å². The molecule has 0 aliphatic carbocycles. The van der Waals surface area contributed by atoms with Crippen LogP contribution >= 0.6 is 0 Å². The predicted molar refractivity (Wildman–Crippen MR) is 72.4 cm³/mol. The van der Waals surface area contributed by atoms with Gasteiger partial charge in [-0.05, 0) is 31.4 Å². The van der Waals surface area contributed by atoms with Crippen molar-refractivity contribution in [1.29, 1.82) is 0 Å². The average molecular weight is 257 g/mol. The van der Waals surface area contributed by atoms with Gasteiger partial charge >= 0.3 is 0 Å². The molecule has 0 radical (unpaired) electrons. The van der Waals surface area contributed by atoms with Gasteiger partial charge in [-0.2, -0.15) is 0 Å². The number of amides is 1. The molecule has 0 saturated carbocycles. The van der Waals surface area contributed by atoms with Gasteiger partial charge in [-0.1, -0.05) is 6.08 Å². The number of carbonyl (C=O) groups excluding carboxylic acids is 1. The minimum absolute atomic E-state index is 0.173. The summed E-state index contributed by atoms with van der Waals surface area (Å²) in [5.41, 5.74) is 2.33. The number of fused-ring (bicyclic) bond motifs is 3. The summed E-state index contributed by atoms with van der Waals surface area (Å²) in [5.74, 6) is 0.428. The molecule has 0 fully saturated rings. The summed E-state index contributed by atoms with van der Waals surface area (Å²) in [6.45, 7) is 4.37. The molecule has 98 valence electrons. The number of aromatic hydroxyl groups is 1. The Morgan fingerprint density at radius 3 is 3.11 bits per heavy atom. The van der Waals surface area contributed by atoms with E-state index in [9.17, 15) is 9.90 Å². The zero-order valence-electron chi connectivity index (χ0n) is 10.5. The second kappa shape index (κ2) is 4.46. The molecule has 0 saturated heterocycles. The molecule has 1 aromatic carbocycles. The second-order valence-corrected chi connectivity index (χ2v) is 4.70. The van der Waals surface area contributed by atoms with E-state index >= 15 is 0 Å². The van der Waals surface area contributed by atoms with Gasteiger partial charge < -0.3 is 14.8 Å². The number of rotatable bonds is 2. The number of aryl methyl sites for hydroxylation is 1. The first-order chi connectivity index (χ1) is 9.22. The maximum absolute atomic E-state index is 11.9. The van der Waals surface area contributed by atoms with E-state index in [0.29, 0.717) is 24.3 Å². The Bertz CT molecular complexity index is 670. The molecule has 4 nitrogen and oxygen atoms in total. The molecule has 1 aliphatic rings. The molecular formula is C15H15NO3. The highest BCUT2D eigenvalue weighted by molar-refractivity contribution is 6.01. The van der Waals surface area contributed by atoms with Crippen LogP contribution in [0, 0.1) is 0 Å². The van der Waals surface area contributed by atoms with E-state index in [0.717, 1.165) is 29.4 Å². The number of benzene rings is 1. The molecule has 2 N–H and O–H groups in total. The highest BCUT2D eigenvalue weighted by Gasteiger charge is 2.25. The smallest absolute Gasteiger partial charge is 0.287 e. The molecule has 2 heterocycles. The summed E-state index contributed by atoms with van der Waals surface area (Å²) < 4.78 is 5.67. The Labute approximate surface area is 110 Å². The Balaban J connectivity index is 2.33. The Kier molecular flexibility index (Phi) is 2.78. The molecule has 0 bridgehead atoms. The van der Waals surface area contributed by atoms with E-state index in [1.54, 1.807) is 18.2 Å². The van der Waals surface area contributed by atoms with Crippen LogP contribution in [0.2, 0.25) is 0 Å². The molecule has 0 atom stereocenters. The number of allylic oxidation sites excluding steroid dienone is 1. The van der Waals surface area contributed by atoms with Crippen LogP contribution in [0.4, 0.5) is 0 Å². The fourth-order valence-corrected chi connectivity index (χ4v) is 2.64. The van der Waals surface area contributed by atoms with Crippen molar-refractivity contribution in [3.05, 3.63) is 41.7 Å². The third-order valence-corrected chi connectivity index (χ3v) is 3.48. The lowest BCUT2D eigenvalue weighted by molar-refractivity contribution is 0.0931. The third-order valence-electron chi connectivity index (χ3n) is 3.48. The molecule has 3 rings (SSSR count). The summed E-state index contributed by atoms with van der Waals surface area (Å²) in [7, 11) is 0. The predicted octanol–water partition coefficient (Wildman–Crippen LogP) is 2.54. The maximum Gasteiger partial charge on any atom is 0.287 e. The SMILES string of the molecule is C=CCc1c(O)ccc2oc3c(c12)CCCNC3=O. The first kappa shape index (κ1) is 11.8. The molecule has 1 aliphatic heterocycles. The van der Waals surface area contributed by atoms with Gasteiger partial charge in [0.15, 0.2) is 5.76 Å². The van der Waals surface area contributed by atoms with Crippen LogP contribution in [0.1, 0.15) is 28.1 Å². The molecule has 2 aromatic rings. The number of carbonyl (C=O) groups is 1. The second-order valence-electron chi connectivity index (χ2n) is 4.70. The van der Waals surface area contributed by atoms with Crippen molar-refractivity contribution in [2.24, 2.45) is 0 Å². The quantitative estimate of drug-likeness (QED) is 0.813. The normalized spacial score (nSPS) is 14.8. The Hall–Kier alpha value is -2.23. The van der Waals surface area contributed by atoms with Crippen molar-refractivity contribution in [1.82, 2.24) is 5.32 Å². The van der Waals surface area contributed by atoms with E-state index in [-0.39, 0.29) is 11.7 Å². The van der Waals surface area contributed by atoms with Crippen molar-refractivity contribution in [2.45, 2.75) is 19.3 Å². The summed E-state index contributed by atoms with van der Waals surface area (Å²) in [6.07, 6.45) is 3.94. The van der Waals surface area contributed by atoms with Crippen molar-refractivity contribution in [2.75, 3.05) is 6.54 Å². The summed E-state index contributed by atoms with van der Waals surface area (Å²) in [5, 5.41) is 13.7. The fourth-order valence-electron chi connectivity index (χ4n) is 2.64. The molecule has 19 heavy (non-hydrogen) atoms. The Morgan fingerprint density at radius 2 is 2.32 bits per heavy atom. The van der Waals surface area contributed by atoms with E-state index in [1.165, 1.54) is 0 Å². The molecular weight excluding hydrogens is 242 g/mol. The number of phenolic OH excluding ortho intramolecular Hbond substituents is 1.